The van der Waals surface area contributed by atoms with Gasteiger partial charge in [-0.2, -0.15) is 5.10 Å². The Morgan fingerprint density at radius 1 is 0.900 bits per heavy atom. The summed E-state index contributed by atoms with van der Waals surface area (Å²) in [6, 6.07) is 16.3. The summed E-state index contributed by atoms with van der Waals surface area (Å²) in [6.45, 7) is 2.65. The van der Waals surface area contributed by atoms with Crippen molar-refractivity contribution in [3.8, 4) is 22.7 Å². The summed E-state index contributed by atoms with van der Waals surface area (Å²) in [5, 5.41) is 4.77. The number of ether oxygens (including phenoxy) is 1. The molecular formula is C31H37N5O4. The molecule has 4 amide bonds. The lowest BCUT2D eigenvalue weighted by Gasteiger charge is -2.28. The Morgan fingerprint density at radius 2 is 1.55 bits per heavy atom. The van der Waals surface area contributed by atoms with Gasteiger partial charge in [0.2, 0.25) is 0 Å². The van der Waals surface area contributed by atoms with Gasteiger partial charge in [-0.1, -0.05) is 57.2 Å². The van der Waals surface area contributed by atoms with Crippen LogP contribution in [0.25, 0.3) is 23.0 Å². The molecule has 0 radical (unpaired) electrons. The summed E-state index contributed by atoms with van der Waals surface area (Å²) in [6.07, 6.45) is 10.2. The molecule has 1 aliphatic heterocycles. The zero-order chi connectivity index (χ0) is 28.6. The van der Waals surface area contributed by atoms with Crippen LogP contribution in [0.15, 0.2) is 66.4 Å². The third kappa shape index (κ3) is 6.66. The van der Waals surface area contributed by atoms with E-state index in [9.17, 15) is 14.4 Å². The van der Waals surface area contributed by atoms with Crippen LogP contribution in [-0.2, 0) is 9.59 Å². The molecule has 2 aromatic carbocycles. The number of aromatic nitrogens is 2. The highest BCUT2D eigenvalue weighted by molar-refractivity contribution is 6.30. The smallest absolute Gasteiger partial charge is 0.333 e. The minimum Gasteiger partial charge on any atom is -0.492 e. The van der Waals surface area contributed by atoms with Crippen molar-refractivity contribution in [3.63, 3.8) is 0 Å². The first-order valence-corrected chi connectivity index (χ1v) is 13.8. The molecule has 9 heteroatoms. The molecule has 2 heterocycles. The summed E-state index contributed by atoms with van der Waals surface area (Å²) in [5.74, 6) is -0.610. The molecule has 1 aromatic heterocycles. The largest absolute Gasteiger partial charge is 0.492 e. The van der Waals surface area contributed by atoms with Gasteiger partial charge in [0.05, 0.1) is 11.4 Å². The molecule has 9 nitrogen and oxygen atoms in total. The van der Waals surface area contributed by atoms with Crippen molar-refractivity contribution < 1.29 is 19.1 Å². The van der Waals surface area contributed by atoms with Gasteiger partial charge >= 0.3 is 6.03 Å². The topological polar surface area (TPSA) is 111 Å². The number of urea groups is 1. The summed E-state index contributed by atoms with van der Waals surface area (Å²) in [5.41, 5.74) is 8.88. The van der Waals surface area contributed by atoms with Crippen LogP contribution < -0.4 is 10.5 Å². The van der Waals surface area contributed by atoms with Gasteiger partial charge in [-0.3, -0.25) is 19.4 Å². The summed E-state index contributed by atoms with van der Waals surface area (Å²) in [4.78, 5) is 39.7. The monoisotopic (exact) mass is 543 g/mol. The van der Waals surface area contributed by atoms with E-state index in [0.717, 1.165) is 33.9 Å². The van der Waals surface area contributed by atoms with E-state index >= 15 is 0 Å². The highest BCUT2D eigenvalue weighted by Crippen LogP contribution is 2.29. The van der Waals surface area contributed by atoms with Crippen LogP contribution in [0.4, 0.5) is 4.79 Å². The number of para-hydroxylation sites is 1. The highest BCUT2D eigenvalue weighted by Gasteiger charge is 2.38. The zero-order valence-corrected chi connectivity index (χ0v) is 23.4. The Morgan fingerprint density at radius 3 is 2.20 bits per heavy atom. The number of benzene rings is 2. The number of carbonyl (C=O) groups excluding carboxylic acids is 3. The number of hydrogen-bond donors (Lipinski definition) is 1. The number of imide groups is 2. The van der Waals surface area contributed by atoms with E-state index in [1.807, 2.05) is 54.6 Å². The summed E-state index contributed by atoms with van der Waals surface area (Å²) in [7, 11) is 2.71. The van der Waals surface area contributed by atoms with Crippen LogP contribution >= 0.6 is 0 Å². The van der Waals surface area contributed by atoms with Crippen molar-refractivity contribution in [2.45, 2.75) is 51.5 Å². The Kier molecular flexibility index (Phi) is 9.50. The first kappa shape index (κ1) is 28.8. The molecule has 0 bridgehead atoms. The van der Waals surface area contributed by atoms with E-state index in [1.54, 1.807) is 10.9 Å². The van der Waals surface area contributed by atoms with E-state index in [1.165, 1.54) is 45.9 Å². The number of barbiturate groups is 1. The van der Waals surface area contributed by atoms with Gasteiger partial charge in [-0.05, 0) is 48.9 Å². The molecule has 4 rings (SSSR count). The van der Waals surface area contributed by atoms with Crippen LogP contribution in [0.2, 0.25) is 0 Å². The molecule has 0 aliphatic carbocycles. The molecule has 1 aliphatic rings. The second-order valence-corrected chi connectivity index (χ2v) is 10.1. The molecular weight excluding hydrogens is 506 g/mol. The predicted molar refractivity (Wildman–Crippen MR) is 155 cm³/mol. The molecule has 0 saturated carbocycles. The van der Waals surface area contributed by atoms with Gasteiger partial charge in [0.15, 0.2) is 0 Å². The minimum absolute atomic E-state index is 0.0187. The molecule has 1 fully saturated rings. The average Bonchev–Trinajstić information content (AvgIpc) is 3.40. The van der Waals surface area contributed by atoms with E-state index in [4.69, 9.17) is 15.6 Å². The first-order chi connectivity index (χ1) is 19.3. The van der Waals surface area contributed by atoms with Gasteiger partial charge in [0.1, 0.15) is 17.9 Å². The van der Waals surface area contributed by atoms with Crippen LogP contribution in [-0.4, -0.2) is 64.2 Å². The van der Waals surface area contributed by atoms with E-state index in [2.05, 4.69) is 6.92 Å². The number of amides is 4. The minimum atomic E-state index is -0.667. The lowest BCUT2D eigenvalue weighted by Crippen LogP contribution is -2.52. The number of unbranched alkanes of at least 4 members (excludes halogenated alkanes) is 4. The fourth-order valence-electron chi connectivity index (χ4n) is 4.57. The fraction of sp³-hybridized carbons (Fsp3) is 0.355. The van der Waals surface area contributed by atoms with Gasteiger partial charge in [0.25, 0.3) is 11.8 Å². The van der Waals surface area contributed by atoms with E-state index in [0.29, 0.717) is 23.6 Å². The average molecular weight is 544 g/mol. The number of nitrogens with zero attached hydrogens (tertiary/aromatic N) is 4. The number of hydrogen-bond acceptors (Lipinski definition) is 6. The maximum absolute atomic E-state index is 12.8. The van der Waals surface area contributed by atoms with E-state index < -0.39 is 17.8 Å². The number of rotatable bonds is 12. The standard InChI is InChI=1S/C31H37N5O4/c1-4-5-6-7-9-12-24(32)21-40-26-17-15-22(16-18-26)28-23(20-36(33-28)25-13-10-8-11-14-25)19-27-29(37)34(2)31(39)35(3)30(27)38/h8,10-11,13-20,24H,4-7,9,12,21,32H2,1-3H3. The first-order valence-electron chi connectivity index (χ1n) is 13.8. The lowest BCUT2D eigenvalue weighted by atomic mass is 10.0. The molecule has 0 spiro atoms. The predicted octanol–water partition coefficient (Wildman–Crippen LogP) is 5.04. The molecule has 1 unspecified atom stereocenters. The van der Waals surface area contributed by atoms with Gasteiger partial charge in [0, 0.05) is 37.5 Å². The van der Waals surface area contributed by atoms with Crippen LogP contribution in [0.3, 0.4) is 0 Å². The van der Waals surface area contributed by atoms with E-state index in [-0.39, 0.29) is 11.6 Å². The van der Waals surface area contributed by atoms with Crippen LogP contribution in [0, 0.1) is 0 Å². The molecule has 2 N–H and O–H groups in total. The van der Waals surface area contributed by atoms with Gasteiger partial charge in [-0.15, -0.1) is 0 Å². The molecule has 1 atom stereocenters. The quantitative estimate of drug-likeness (QED) is 0.195. The van der Waals surface area contributed by atoms with Crippen LogP contribution in [0.5, 0.6) is 5.75 Å². The molecule has 1 saturated heterocycles. The zero-order valence-electron chi connectivity index (χ0n) is 23.4. The molecule has 3 aromatic rings. The third-order valence-electron chi connectivity index (χ3n) is 6.98. The maximum Gasteiger partial charge on any atom is 0.333 e. The van der Waals surface area contributed by atoms with Crippen molar-refractivity contribution in [1.29, 1.82) is 0 Å². The highest BCUT2D eigenvalue weighted by atomic mass is 16.5. The Hall–Kier alpha value is -4.24. The van der Waals surface area contributed by atoms with Gasteiger partial charge in [-0.25, -0.2) is 9.48 Å². The van der Waals surface area contributed by atoms with Crippen molar-refractivity contribution in [2.24, 2.45) is 5.73 Å². The summed E-state index contributed by atoms with van der Waals surface area (Å²) < 4.78 is 7.63. The van der Waals surface area contributed by atoms with Crippen LogP contribution in [0.1, 0.15) is 51.0 Å². The van der Waals surface area contributed by atoms with Gasteiger partial charge < -0.3 is 10.5 Å². The van der Waals surface area contributed by atoms with Crippen molar-refractivity contribution in [1.82, 2.24) is 19.6 Å². The number of carbonyl (C=O) groups is 3. The molecule has 40 heavy (non-hydrogen) atoms. The SMILES string of the molecule is CCCCCCCC(N)COc1ccc(-c2nn(-c3ccccc3)cc2C=C2C(=O)N(C)C(=O)N(C)C2=O)cc1. The normalized spacial score (nSPS) is 14.6. The van der Waals surface area contributed by atoms with Crippen molar-refractivity contribution in [2.75, 3.05) is 20.7 Å². The number of nitrogens with two attached hydrogens (primary N) is 1. The Balaban J connectivity index is 1.56. The van der Waals surface area contributed by atoms with Crippen molar-refractivity contribution >= 4 is 23.9 Å². The Labute approximate surface area is 235 Å². The second-order valence-electron chi connectivity index (χ2n) is 10.1. The second kappa shape index (κ2) is 13.2. The summed E-state index contributed by atoms with van der Waals surface area (Å²) >= 11 is 0. The van der Waals surface area contributed by atoms with Crippen molar-refractivity contribution in [3.05, 3.63) is 71.9 Å². The fourth-order valence-corrected chi connectivity index (χ4v) is 4.57. The molecule has 210 valence electrons. The lowest BCUT2D eigenvalue weighted by molar-refractivity contribution is -0.134. The third-order valence-corrected chi connectivity index (χ3v) is 6.98. The Bertz CT molecular complexity index is 1340. The number of likely N-dealkylation sites (N-methyl/N-ethyl adjacent to an activating group) is 2. The maximum atomic E-state index is 12.8.